The van der Waals surface area contributed by atoms with E-state index >= 15 is 0 Å². The lowest BCUT2D eigenvalue weighted by Gasteiger charge is -2.26. The molecule has 2 fully saturated rings. The van der Waals surface area contributed by atoms with Crippen molar-refractivity contribution in [3.05, 3.63) is 42.2 Å². The largest absolute Gasteiger partial charge is 0.354 e. The lowest BCUT2D eigenvalue weighted by molar-refractivity contribution is 0.575. The van der Waals surface area contributed by atoms with Gasteiger partial charge in [-0.15, -0.1) is 0 Å². The Bertz CT molecular complexity index is 1000. The molecule has 0 saturated carbocycles. The lowest BCUT2D eigenvalue weighted by Crippen LogP contribution is -2.37. The molecule has 2 aliphatic heterocycles. The van der Waals surface area contributed by atoms with Crippen molar-refractivity contribution in [3.63, 3.8) is 0 Å². The average molecular weight is 345 g/mol. The van der Waals surface area contributed by atoms with Crippen LogP contribution in [0.15, 0.2) is 36.7 Å². The molecule has 2 saturated heterocycles. The van der Waals surface area contributed by atoms with Gasteiger partial charge < -0.3 is 9.80 Å². The number of imidazole rings is 1. The molecule has 26 heavy (non-hydrogen) atoms. The van der Waals surface area contributed by atoms with Crippen molar-refractivity contribution in [2.24, 2.45) is 13.0 Å². The predicted octanol–water partition coefficient (Wildman–Crippen LogP) is 1.95. The van der Waals surface area contributed by atoms with Crippen LogP contribution in [0.5, 0.6) is 0 Å². The van der Waals surface area contributed by atoms with E-state index in [0.717, 1.165) is 49.0 Å². The molecule has 0 amide bonds. The molecule has 0 radical (unpaired) electrons. The van der Waals surface area contributed by atoms with Crippen LogP contribution in [0.3, 0.4) is 0 Å². The van der Waals surface area contributed by atoms with Crippen molar-refractivity contribution in [3.8, 4) is 6.07 Å². The van der Waals surface area contributed by atoms with Crippen LogP contribution in [0.4, 0.5) is 11.8 Å². The van der Waals surface area contributed by atoms with E-state index in [0.29, 0.717) is 17.5 Å². The number of anilines is 2. The highest BCUT2D eigenvalue weighted by atomic mass is 15.4. The normalized spacial score (nSPS) is 22.0. The quantitative estimate of drug-likeness (QED) is 0.707. The van der Waals surface area contributed by atoms with E-state index in [-0.39, 0.29) is 0 Å². The molecule has 7 heteroatoms. The second-order valence-electron chi connectivity index (χ2n) is 7.05. The van der Waals surface area contributed by atoms with Crippen LogP contribution in [-0.4, -0.2) is 45.2 Å². The Morgan fingerprint density at radius 2 is 2.12 bits per heavy atom. The van der Waals surface area contributed by atoms with Gasteiger partial charge in [-0.3, -0.25) is 4.57 Å². The van der Waals surface area contributed by atoms with Crippen LogP contribution >= 0.6 is 0 Å². The number of fused-ring (bicyclic) bond motifs is 2. The molecule has 130 valence electrons. The Morgan fingerprint density at radius 3 is 2.88 bits per heavy atom. The van der Waals surface area contributed by atoms with E-state index in [4.69, 9.17) is 10.2 Å². The van der Waals surface area contributed by atoms with Crippen molar-refractivity contribution in [1.29, 1.82) is 5.26 Å². The molecule has 3 aromatic heterocycles. The van der Waals surface area contributed by atoms with Crippen LogP contribution in [0.25, 0.3) is 11.2 Å². The number of aryl methyl sites for hydroxylation is 1. The van der Waals surface area contributed by atoms with E-state index in [2.05, 4.69) is 30.4 Å². The fourth-order valence-corrected chi connectivity index (χ4v) is 4.30. The Kier molecular flexibility index (Phi) is 3.32. The van der Waals surface area contributed by atoms with Crippen molar-refractivity contribution >= 4 is 22.9 Å². The van der Waals surface area contributed by atoms with Crippen molar-refractivity contribution in [2.45, 2.75) is 12.5 Å². The van der Waals surface area contributed by atoms with Gasteiger partial charge in [0.05, 0.1) is 11.6 Å². The third-order valence-corrected chi connectivity index (χ3v) is 5.61. The molecule has 2 atom stereocenters. The van der Waals surface area contributed by atoms with Gasteiger partial charge in [-0.25, -0.2) is 15.0 Å². The van der Waals surface area contributed by atoms with Gasteiger partial charge in [0, 0.05) is 45.0 Å². The highest BCUT2D eigenvalue weighted by molar-refractivity contribution is 5.74. The number of pyridine rings is 2. The second-order valence-corrected chi connectivity index (χ2v) is 7.05. The van der Waals surface area contributed by atoms with Crippen molar-refractivity contribution in [1.82, 2.24) is 19.5 Å². The third kappa shape index (κ3) is 2.22. The molecule has 2 aliphatic rings. The van der Waals surface area contributed by atoms with Gasteiger partial charge in [0.15, 0.2) is 5.65 Å². The van der Waals surface area contributed by atoms with Crippen LogP contribution in [0.2, 0.25) is 0 Å². The van der Waals surface area contributed by atoms with E-state index < -0.39 is 0 Å². The topological polar surface area (TPSA) is 73.9 Å². The summed E-state index contributed by atoms with van der Waals surface area (Å²) in [7, 11) is 2.04. The van der Waals surface area contributed by atoms with Gasteiger partial charge in [0.2, 0.25) is 5.95 Å². The summed E-state index contributed by atoms with van der Waals surface area (Å²) in [5, 5.41) is 8.95. The molecule has 0 aromatic carbocycles. The third-order valence-electron chi connectivity index (χ3n) is 5.61. The van der Waals surface area contributed by atoms with Gasteiger partial charge in [0.1, 0.15) is 17.4 Å². The van der Waals surface area contributed by atoms with E-state index in [9.17, 15) is 0 Å². The summed E-state index contributed by atoms with van der Waals surface area (Å²) < 4.78 is 2.10. The second kappa shape index (κ2) is 5.70. The van der Waals surface area contributed by atoms with Gasteiger partial charge in [-0.1, -0.05) is 0 Å². The Morgan fingerprint density at radius 1 is 1.19 bits per heavy atom. The summed E-state index contributed by atoms with van der Waals surface area (Å²) in [4.78, 5) is 18.5. The fourth-order valence-electron chi connectivity index (χ4n) is 4.30. The maximum atomic E-state index is 8.95. The molecule has 2 unspecified atom stereocenters. The van der Waals surface area contributed by atoms with Gasteiger partial charge >= 0.3 is 0 Å². The Hall–Kier alpha value is -3.14. The summed E-state index contributed by atoms with van der Waals surface area (Å²) >= 11 is 0. The SMILES string of the molecule is Cn1c(N2CCC3CN(c4ccc(C#N)cn4)CC32)nc2cccnc21. The van der Waals surface area contributed by atoms with E-state index in [1.165, 1.54) is 0 Å². The summed E-state index contributed by atoms with van der Waals surface area (Å²) in [5.74, 6) is 2.56. The zero-order chi connectivity index (χ0) is 17.7. The lowest BCUT2D eigenvalue weighted by atomic mass is 10.1. The van der Waals surface area contributed by atoms with Gasteiger partial charge in [-0.2, -0.15) is 5.26 Å². The molecule has 5 rings (SSSR count). The highest BCUT2D eigenvalue weighted by Gasteiger charge is 2.43. The monoisotopic (exact) mass is 345 g/mol. The van der Waals surface area contributed by atoms with Gasteiger partial charge in [-0.05, 0) is 30.7 Å². The predicted molar refractivity (Wildman–Crippen MR) is 98.9 cm³/mol. The number of hydrogen-bond acceptors (Lipinski definition) is 6. The first kappa shape index (κ1) is 15.1. The standard InChI is InChI=1S/C19H19N7/c1-24-18-15(3-2-7-21-18)23-19(24)26-8-6-14-11-25(12-16(14)26)17-5-4-13(9-20)10-22-17/h2-5,7,10,14,16H,6,8,11-12H2,1H3. The first-order valence-electron chi connectivity index (χ1n) is 8.90. The first-order chi connectivity index (χ1) is 12.7. The van der Waals surface area contributed by atoms with Gasteiger partial charge in [0.25, 0.3) is 0 Å². The summed E-state index contributed by atoms with van der Waals surface area (Å²) in [5.41, 5.74) is 2.47. The summed E-state index contributed by atoms with van der Waals surface area (Å²) in [6.07, 6.45) is 4.63. The van der Waals surface area contributed by atoms with Crippen molar-refractivity contribution < 1.29 is 0 Å². The molecular formula is C19H19N7. The van der Waals surface area contributed by atoms with E-state index in [1.807, 2.05) is 37.5 Å². The Balaban J connectivity index is 1.43. The summed E-state index contributed by atoms with van der Waals surface area (Å²) in [6.45, 7) is 2.96. The fraction of sp³-hybridized carbons (Fsp3) is 0.368. The maximum absolute atomic E-state index is 8.95. The smallest absolute Gasteiger partial charge is 0.207 e. The Labute approximate surface area is 151 Å². The molecule has 0 aliphatic carbocycles. The molecule has 3 aromatic rings. The molecule has 5 heterocycles. The summed E-state index contributed by atoms with van der Waals surface area (Å²) in [6, 6.07) is 10.3. The molecule has 0 N–H and O–H groups in total. The minimum atomic E-state index is 0.433. The number of nitriles is 1. The number of rotatable bonds is 2. The van der Waals surface area contributed by atoms with Crippen LogP contribution in [0.1, 0.15) is 12.0 Å². The molecule has 0 bridgehead atoms. The van der Waals surface area contributed by atoms with Crippen LogP contribution in [-0.2, 0) is 7.05 Å². The minimum Gasteiger partial charge on any atom is -0.354 e. The molecular weight excluding hydrogens is 326 g/mol. The van der Waals surface area contributed by atoms with Crippen molar-refractivity contribution in [2.75, 3.05) is 29.4 Å². The molecule has 0 spiro atoms. The zero-order valence-electron chi connectivity index (χ0n) is 14.6. The number of nitrogens with zero attached hydrogens (tertiary/aromatic N) is 7. The highest BCUT2D eigenvalue weighted by Crippen LogP contribution is 2.36. The maximum Gasteiger partial charge on any atom is 0.207 e. The number of hydrogen-bond donors (Lipinski definition) is 0. The van der Waals surface area contributed by atoms with Crippen LogP contribution < -0.4 is 9.80 Å². The first-order valence-corrected chi connectivity index (χ1v) is 8.90. The average Bonchev–Trinajstić information content (AvgIpc) is 3.35. The molecule has 7 nitrogen and oxygen atoms in total. The minimum absolute atomic E-state index is 0.433. The zero-order valence-corrected chi connectivity index (χ0v) is 14.6. The number of aromatic nitrogens is 4. The van der Waals surface area contributed by atoms with Crippen LogP contribution in [0, 0.1) is 17.2 Å². The van der Waals surface area contributed by atoms with E-state index in [1.54, 1.807) is 6.20 Å².